The average molecular weight is 292 g/mol. The van der Waals surface area contributed by atoms with Gasteiger partial charge in [0.05, 0.1) is 6.04 Å². The van der Waals surface area contributed by atoms with E-state index >= 15 is 0 Å². The van der Waals surface area contributed by atoms with Crippen LogP contribution >= 0.6 is 11.6 Å². The van der Waals surface area contributed by atoms with E-state index in [1.54, 1.807) is 12.1 Å². The number of hydrogen-bond donors (Lipinski definition) is 0. The summed E-state index contributed by atoms with van der Waals surface area (Å²) in [5.74, 6) is 1.05. The van der Waals surface area contributed by atoms with Gasteiger partial charge in [-0.15, -0.1) is 0 Å². The highest BCUT2D eigenvalue weighted by Gasteiger charge is 2.39. The third kappa shape index (κ3) is 2.64. The Kier molecular flexibility index (Phi) is 4.13. The molecule has 0 amide bonds. The lowest BCUT2D eigenvalue weighted by Crippen LogP contribution is -2.44. The van der Waals surface area contributed by atoms with Gasteiger partial charge in [-0.3, -0.25) is 9.69 Å². The van der Waals surface area contributed by atoms with Gasteiger partial charge in [-0.2, -0.15) is 0 Å². The SMILES string of the molecule is CC(C(=O)c1ccc(Cl)cc1)N1CCC2CCCCC21. The summed E-state index contributed by atoms with van der Waals surface area (Å²) in [6.45, 7) is 3.14. The highest BCUT2D eigenvalue weighted by molar-refractivity contribution is 6.30. The zero-order valence-corrected chi connectivity index (χ0v) is 12.8. The third-order valence-corrected chi connectivity index (χ3v) is 5.31. The molecular formula is C17H22ClNO. The molecule has 20 heavy (non-hydrogen) atoms. The van der Waals surface area contributed by atoms with Crippen molar-refractivity contribution in [1.29, 1.82) is 0 Å². The van der Waals surface area contributed by atoms with Gasteiger partial charge in [0.25, 0.3) is 0 Å². The number of nitrogens with zero attached hydrogens (tertiary/aromatic N) is 1. The van der Waals surface area contributed by atoms with Gasteiger partial charge in [0.2, 0.25) is 0 Å². The molecule has 3 heteroatoms. The van der Waals surface area contributed by atoms with E-state index in [2.05, 4.69) is 11.8 Å². The smallest absolute Gasteiger partial charge is 0.179 e. The fourth-order valence-electron chi connectivity index (χ4n) is 3.93. The molecule has 0 spiro atoms. The molecule has 0 radical (unpaired) electrons. The first-order chi connectivity index (χ1) is 9.66. The number of benzene rings is 1. The molecule has 0 bridgehead atoms. The molecule has 3 unspecified atom stereocenters. The Morgan fingerprint density at radius 3 is 2.65 bits per heavy atom. The van der Waals surface area contributed by atoms with E-state index in [9.17, 15) is 4.79 Å². The number of ketones is 1. The molecule has 1 aromatic rings. The van der Waals surface area contributed by atoms with Gasteiger partial charge < -0.3 is 0 Å². The number of hydrogen-bond acceptors (Lipinski definition) is 2. The molecule has 2 nitrogen and oxygen atoms in total. The number of carbonyl (C=O) groups excluding carboxylic acids is 1. The molecular weight excluding hydrogens is 270 g/mol. The predicted octanol–water partition coefficient (Wildman–Crippen LogP) is 4.18. The number of Topliss-reactive ketones (excluding diaryl/α,β-unsaturated/α-hetero) is 1. The van der Waals surface area contributed by atoms with Crippen LogP contribution in [0.25, 0.3) is 0 Å². The Bertz CT molecular complexity index is 484. The number of likely N-dealkylation sites (tertiary alicyclic amines) is 1. The fourth-order valence-corrected chi connectivity index (χ4v) is 4.05. The van der Waals surface area contributed by atoms with Crippen molar-refractivity contribution in [3.8, 4) is 0 Å². The first-order valence-corrected chi connectivity index (χ1v) is 8.10. The van der Waals surface area contributed by atoms with E-state index < -0.39 is 0 Å². The van der Waals surface area contributed by atoms with Gasteiger partial charge in [-0.05, 0) is 62.9 Å². The monoisotopic (exact) mass is 291 g/mol. The van der Waals surface area contributed by atoms with E-state index in [-0.39, 0.29) is 11.8 Å². The normalized spacial score (nSPS) is 28.1. The molecule has 108 valence electrons. The summed E-state index contributed by atoms with van der Waals surface area (Å²) in [6.07, 6.45) is 6.57. The third-order valence-electron chi connectivity index (χ3n) is 5.06. The van der Waals surface area contributed by atoms with Crippen molar-refractivity contribution in [2.24, 2.45) is 5.92 Å². The summed E-state index contributed by atoms with van der Waals surface area (Å²) in [4.78, 5) is 15.1. The van der Waals surface area contributed by atoms with Crippen molar-refractivity contribution in [2.75, 3.05) is 6.54 Å². The summed E-state index contributed by atoms with van der Waals surface area (Å²) in [6, 6.07) is 7.91. The van der Waals surface area contributed by atoms with E-state index in [1.165, 1.54) is 32.1 Å². The van der Waals surface area contributed by atoms with Crippen LogP contribution in [0.2, 0.25) is 5.02 Å². The molecule has 2 aliphatic rings. The summed E-state index contributed by atoms with van der Waals surface area (Å²) in [7, 11) is 0. The standard InChI is InChI=1S/C17H22ClNO/c1-12(17(20)14-6-8-15(18)9-7-14)19-11-10-13-4-2-3-5-16(13)19/h6-9,12-13,16H,2-5,10-11H2,1H3. The van der Waals surface area contributed by atoms with Gasteiger partial charge in [0.1, 0.15) is 0 Å². The molecule has 1 saturated heterocycles. The van der Waals surface area contributed by atoms with Crippen LogP contribution in [0.15, 0.2) is 24.3 Å². The minimum absolute atomic E-state index is 0.00993. The van der Waals surface area contributed by atoms with Crippen molar-refractivity contribution >= 4 is 17.4 Å². The molecule has 1 aliphatic heterocycles. The lowest BCUT2D eigenvalue weighted by atomic mass is 9.85. The molecule has 1 heterocycles. The van der Waals surface area contributed by atoms with Crippen molar-refractivity contribution in [3.63, 3.8) is 0 Å². The maximum absolute atomic E-state index is 12.6. The summed E-state index contributed by atoms with van der Waals surface area (Å²) in [5, 5.41) is 0.683. The molecule has 1 aromatic carbocycles. The van der Waals surface area contributed by atoms with Crippen LogP contribution in [0.4, 0.5) is 0 Å². The lowest BCUT2D eigenvalue weighted by Gasteiger charge is -2.35. The van der Waals surface area contributed by atoms with E-state index in [1.807, 2.05) is 12.1 Å². The fraction of sp³-hybridized carbons (Fsp3) is 0.588. The molecule has 1 aliphatic carbocycles. The van der Waals surface area contributed by atoms with Crippen LogP contribution < -0.4 is 0 Å². The van der Waals surface area contributed by atoms with Crippen LogP contribution in [-0.4, -0.2) is 29.3 Å². The van der Waals surface area contributed by atoms with Gasteiger partial charge in [0, 0.05) is 16.6 Å². The minimum atomic E-state index is -0.00993. The first kappa shape index (κ1) is 14.1. The minimum Gasteiger partial charge on any atom is -0.292 e. The van der Waals surface area contributed by atoms with Crippen LogP contribution in [0, 0.1) is 5.92 Å². The predicted molar refractivity (Wildman–Crippen MR) is 82.3 cm³/mol. The summed E-state index contributed by atoms with van der Waals surface area (Å²) < 4.78 is 0. The van der Waals surface area contributed by atoms with Gasteiger partial charge in [0.15, 0.2) is 5.78 Å². The van der Waals surface area contributed by atoms with E-state index in [4.69, 9.17) is 11.6 Å². The quantitative estimate of drug-likeness (QED) is 0.779. The van der Waals surface area contributed by atoms with Crippen LogP contribution in [-0.2, 0) is 0 Å². The maximum atomic E-state index is 12.6. The molecule has 3 atom stereocenters. The number of halogens is 1. The Morgan fingerprint density at radius 1 is 1.20 bits per heavy atom. The van der Waals surface area contributed by atoms with Gasteiger partial charge >= 0.3 is 0 Å². The topological polar surface area (TPSA) is 20.3 Å². The molecule has 0 aromatic heterocycles. The molecule has 2 fully saturated rings. The largest absolute Gasteiger partial charge is 0.292 e. The number of carbonyl (C=O) groups is 1. The average Bonchev–Trinajstić information content (AvgIpc) is 2.90. The zero-order valence-electron chi connectivity index (χ0n) is 12.0. The lowest BCUT2D eigenvalue weighted by molar-refractivity contribution is 0.0771. The maximum Gasteiger partial charge on any atom is 0.179 e. The Labute approximate surface area is 126 Å². The Morgan fingerprint density at radius 2 is 1.90 bits per heavy atom. The van der Waals surface area contributed by atoms with Crippen molar-refractivity contribution in [1.82, 2.24) is 4.90 Å². The van der Waals surface area contributed by atoms with Gasteiger partial charge in [-0.25, -0.2) is 0 Å². The summed E-state index contributed by atoms with van der Waals surface area (Å²) in [5.41, 5.74) is 0.779. The molecule has 0 N–H and O–H groups in total. The number of fused-ring (bicyclic) bond motifs is 1. The second kappa shape index (κ2) is 5.87. The van der Waals surface area contributed by atoms with E-state index in [0.29, 0.717) is 11.1 Å². The highest BCUT2D eigenvalue weighted by Crippen LogP contribution is 2.37. The zero-order chi connectivity index (χ0) is 14.1. The van der Waals surface area contributed by atoms with Crippen LogP contribution in [0.1, 0.15) is 49.4 Å². The Hall–Kier alpha value is -0.860. The van der Waals surface area contributed by atoms with Gasteiger partial charge in [-0.1, -0.05) is 24.4 Å². The second-order valence-electron chi connectivity index (χ2n) is 6.19. The summed E-state index contributed by atoms with van der Waals surface area (Å²) >= 11 is 5.89. The highest BCUT2D eigenvalue weighted by atomic mass is 35.5. The number of rotatable bonds is 3. The molecule has 1 saturated carbocycles. The second-order valence-corrected chi connectivity index (χ2v) is 6.62. The van der Waals surface area contributed by atoms with Crippen LogP contribution in [0.5, 0.6) is 0 Å². The van der Waals surface area contributed by atoms with E-state index in [0.717, 1.165) is 18.0 Å². The van der Waals surface area contributed by atoms with Crippen molar-refractivity contribution in [2.45, 2.75) is 51.1 Å². The van der Waals surface area contributed by atoms with Crippen molar-refractivity contribution < 1.29 is 4.79 Å². The molecule has 3 rings (SSSR count). The first-order valence-electron chi connectivity index (χ1n) is 7.72. The van der Waals surface area contributed by atoms with Crippen molar-refractivity contribution in [3.05, 3.63) is 34.9 Å². The van der Waals surface area contributed by atoms with Crippen LogP contribution in [0.3, 0.4) is 0 Å². The Balaban J connectivity index is 1.73.